The van der Waals surface area contributed by atoms with E-state index in [1.807, 2.05) is 12.1 Å². The first kappa shape index (κ1) is 16.1. The molecule has 1 aliphatic carbocycles. The van der Waals surface area contributed by atoms with E-state index < -0.39 is 5.60 Å². The molecule has 1 aromatic rings. The maximum Gasteiger partial charge on any atom is 0.134 e. The summed E-state index contributed by atoms with van der Waals surface area (Å²) in [5, 5.41) is 11.6. The Kier molecular flexibility index (Phi) is 5.24. The van der Waals surface area contributed by atoms with Crippen LogP contribution in [0.5, 0.6) is 5.75 Å². The number of rotatable bonds is 4. The van der Waals surface area contributed by atoms with Crippen molar-refractivity contribution in [2.24, 2.45) is 0 Å². The van der Waals surface area contributed by atoms with E-state index in [4.69, 9.17) is 21.1 Å². The van der Waals surface area contributed by atoms with E-state index in [2.05, 4.69) is 4.90 Å². The summed E-state index contributed by atoms with van der Waals surface area (Å²) in [5.41, 5.74) is -0.960. The van der Waals surface area contributed by atoms with Crippen LogP contribution in [0, 0.1) is 0 Å². The molecule has 1 aliphatic heterocycles. The SMILES string of the molecule is O[C@]1(COc2ccc(Cl)cc2)COCCN(C2CCCC2)C1. The quantitative estimate of drug-likeness (QED) is 0.924. The van der Waals surface area contributed by atoms with Crippen LogP contribution < -0.4 is 4.74 Å². The van der Waals surface area contributed by atoms with Gasteiger partial charge in [-0.15, -0.1) is 0 Å². The van der Waals surface area contributed by atoms with Gasteiger partial charge in [0.15, 0.2) is 0 Å². The maximum atomic E-state index is 10.9. The number of ether oxygens (including phenoxy) is 2. The summed E-state index contributed by atoms with van der Waals surface area (Å²) in [7, 11) is 0. The maximum absolute atomic E-state index is 10.9. The van der Waals surface area contributed by atoms with Crippen molar-refractivity contribution in [1.29, 1.82) is 0 Å². The molecule has 0 aromatic heterocycles. The van der Waals surface area contributed by atoms with Crippen molar-refractivity contribution in [3.8, 4) is 5.75 Å². The highest BCUT2D eigenvalue weighted by Crippen LogP contribution is 2.26. The van der Waals surface area contributed by atoms with E-state index in [9.17, 15) is 5.11 Å². The minimum atomic E-state index is -0.960. The largest absolute Gasteiger partial charge is 0.490 e. The molecular weight excluding hydrogens is 302 g/mol. The van der Waals surface area contributed by atoms with Gasteiger partial charge < -0.3 is 14.6 Å². The highest BCUT2D eigenvalue weighted by atomic mass is 35.5. The first-order chi connectivity index (χ1) is 10.6. The van der Waals surface area contributed by atoms with Crippen molar-refractivity contribution in [1.82, 2.24) is 4.90 Å². The Morgan fingerprint density at radius 2 is 2.00 bits per heavy atom. The Morgan fingerprint density at radius 3 is 2.73 bits per heavy atom. The number of hydrogen-bond donors (Lipinski definition) is 1. The predicted molar refractivity (Wildman–Crippen MR) is 86.5 cm³/mol. The Labute approximate surface area is 137 Å². The third-order valence-corrected chi connectivity index (χ3v) is 4.81. The summed E-state index contributed by atoms with van der Waals surface area (Å²) >= 11 is 5.87. The molecule has 2 fully saturated rings. The second-order valence-electron chi connectivity index (χ2n) is 6.43. The molecule has 4 nitrogen and oxygen atoms in total. The number of β-amino-alcohol motifs (C(OH)–C–C–N with tert-alkyl or cyclic N) is 1. The van der Waals surface area contributed by atoms with Crippen LogP contribution in [0.25, 0.3) is 0 Å². The van der Waals surface area contributed by atoms with Gasteiger partial charge in [-0.1, -0.05) is 24.4 Å². The fourth-order valence-electron chi connectivity index (χ4n) is 3.36. The molecule has 1 N–H and O–H groups in total. The fraction of sp³-hybridized carbons (Fsp3) is 0.647. The normalized spacial score (nSPS) is 27.7. The van der Waals surface area contributed by atoms with Crippen LogP contribution in [0.4, 0.5) is 0 Å². The molecule has 1 atom stereocenters. The Bertz CT molecular complexity index is 475. The third kappa shape index (κ3) is 4.13. The summed E-state index contributed by atoms with van der Waals surface area (Å²) in [5.74, 6) is 0.717. The number of nitrogens with zero attached hydrogens (tertiary/aromatic N) is 1. The predicted octanol–water partition coefficient (Wildman–Crippen LogP) is 2.72. The van der Waals surface area contributed by atoms with E-state index in [1.165, 1.54) is 25.7 Å². The van der Waals surface area contributed by atoms with E-state index >= 15 is 0 Å². The molecule has 0 amide bonds. The smallest absolute Gasteiger partial charge is 0.134 e. The molecular formula is C17H24ClNO3. The van der Waals surface area contributed by atoms with Crippen LogP contribution in [-0.4, -0.2) is 54.6 Å². The van der Waals surface area contributed by atoms with Crippen LogP contribution in [0.1, 0.15) is 25.7 Å². The average molecular weight is 326 g/mol. The zero-order chi connectivity index (χ0) is 15.4. The molecule has 1 saturated heterocycles. The van der Waals surface area contributed by atoms with Gasteiger partial charge >= 0.3 is 0 Å². The van der Waals surface area contributed by atoms with E-state index in [0.29, 0.717) is 30.8 Å². The zero-order valence-corrected chi connectivity index (χ0v) is 13.6. The fourth-order valence-corrected chi connectivity index (χ4v) is 3.49. The lowest BCUT2D eigenvalue weighted by Crippen LogP contribution is -2.51. The number of aliphatic hydroxyl groups is 1. The lowest BCUT2D eigenvalue weighted by atomic mass is 10.0. The van der Waals surface area contributed by atoms with Gasteiger partial charge in [-0.05, 0) is 37.1 Å². The molecule has 1 saturated carbocycles. The Balaban J connectivity index is 1.60. The lowest BCUT2D eigenvalue weighted by molar-refractivity contribution is -0.0669. The molecule has 2 aliphatic rings. The summed E-state index contributed by atoms with van der Waals surface area (Å²) in [4.78, 5) is 2.38. The molecule has 0 radical (unpaired) electrons. The van der Waals surface area contributed by atoms with Crippen LogP contribution in [0.2, 0.25) is 5.02 Å². The Morgan fingerprint density at radius 1 is 1.27 bits per heavy atom. The number of benzene rings is 1. The number of hydrogen-bond acceptors (Lipinski definition) is 4. The van der Waals surface area contributed by atoms with Crippen LogP contribution >= 0.6 is 11.6 Å². The van der Waals surface area contributed by atoms with Gasteiger partial charge in [0.25, 0.3) is 0 Å². The second kappa shape index (κ2) is 7.18. The minimum Gasteiger partial charge on any atom is -0.490 e. The molecule has 0 spiro atoms. The summed E-state index contributed by atoms with van der Waals surface area (Å²) in [6.07, 6.45) is 5.05. The summed E-state index contributed by atoms with van der Waals surface area (Å²) in [6, 6.07) is 7.80. The van der Waals surface area contributed by atoms with Gasteiger partial charge in [0.1, 0.15) is 18.0 Å². The molecule has 122 valence electrons. The first-order valence-electron chi connectivity index (χ1n) is 8.07. The van der Waals surface area contributed by atoms with Crippen molar-refractivity contribution in [3.05, 3.63) is 29.3 Å². The van der Waals surface area contributed by atoms with E-state index in [0.717, 1.165) is 12.3 Å². The van der Waals surface area contributed by atoms with Crippen molar-refractivity contribution in [2.75, 3.05) is 32.9 Å². The van der Waals surface area contributed by atoms with Crippen LogP contribution in [0.15, 0.2) is 24.3 Å². The second-order valence-corrected chi connectivity index (χ2v) is 6.86. The average Bonchev–Trinajstić information content (AvgIpc) is 2.98. The first-order valence-corrected chi connectivity index (χ1v) is 8.45. The molecule has 0 bridgehead atoms. The van der Waals surface area contributed by atoms with Crippen molar-refractivity contribution in [2.45, 2.75) is 37.3 Å². The lowest BCUT2D eigenvalue weighted by Gasteiger charge is -2.33. The molecule has 1 heterocycles. The standard InChI is InChI=1S/C17H24ClNO3/c18-14-5-7-16(8-6-14)22-13-17(20)11-19(9-10-21-12-17)15-3-1-2-4-15/h5-8,15,20H,1-4,9-13H2/t17-/m0/s1. The molecule has 0 unspecified atom stereocenters. The topological polar surface area (TPSA) is 41.9 Å². The van der Waals surface area contributed by atoms with Crippen molar-refractivity contribution < 1.29 is 14.6 Å². The van der Waals surface area contributed by atoms with Gasteiger partial charge in [-0.2, -0.15) is 0 Å². The van der Waals surface area contributed by atoms with E-state index in [1.54, 1.807) is 12.1 Å². The molecule has 3 rings (SSSR count). The molecule has 1 aromatic carbocycles. The minimum absolute atomic E-state index is 0.234. The van der Waals surface area contributed by atoms with Gasteiger partial charge in [-0.25, -0.2) is 0 Å². The zero-order valence-electron chi connectivity index (χ0n) is 12.8. The van der Waals surface area contributed by atoms with Gasteiger partial charge in [0.05, 0.1) is 13.2 Å². The Hall–Kier alpha value is -0.810. The van der Waals surface area contributed by atoms with Gasteiger partial charge in [-0.3, -0.25) is 4.90 Å². The van der Waals surface area contributed by atoms with Crippen molar-refractivity contribution >= 4 is 11.6 Å². The van der Waals surface area contributed by atoms with Gasteiger partial charge in [0.2, 0.25) is 0 Å². The summed E-state index contributed by atoms with van der Waals surface area (Å²) < 4.78 is 11.4. The number of halogens is 1. The molecule has 22 heavy (non-hydrogen) atoms. The monoisotopic (exact) mass is 325 g/mol. The van der Waals surface area contributed by atoms with Crippen LogP contribution in [0.3, 0.4) is 0 Å². The van der Waals surface area contributed by atoms with Crippen molar-refractivity contribution in [3.63, 3.8) is 0 Å². The highest BCUT2D eigenvalue weighted by molar-refractivity contribution is 6.30. The highest BCUT2D eigenvalue weighted by Gasteiger charge is 2.36. The van der Waals surface area contributed by atoms with Gasteiger partial charge in [0, 0.05) is 24.2 Å². The summed E-state index contributed by atoms with van der Waals surface area (Å²) in [6.45, 7) is 2.75. The molecule has 5 heteroatoms. The third-order valence-electron chi connectivity index (χ3n) is 4.55. The van der Waals surface area contributed by atoms with Crippen LogP contribution in [-0.2, 0) is 4.74 Å². The van der Waals surface area contributed by atoms with E-state index in [-0.39, 0.29) is 6.61 Å².